The molecule has 0 amide bonds. The van der Waals surface area contributed by atoms with Gasteiger partial charge >= 0.3 is 0 Å². The number of fused-ring (bicyclic) bond motifs is 6. The van der Waals surface area contributed by atoms with Gasteiger partial charge in [-0.1, -0.05) is 117 Å². The SMILES string of the molecule is C.CC(SC1=Nc2cc3c(cc2C1)CN=C3c1ccncc1)c1ccccc1.CC(c1ccccc1)S(=O)(=O)C1=Nc2cc3c(cc2C1)CN=C3c1ccncc1.CC(c1ccccc1)S(=O)C1=Nc2cc3c(cc2C1)CN=C3c1ccncc1. The molecule has 6 aliphatic rings. The summed E-state index contributed by atoms with van der Waals surface area (Å²) in [5.74, 6) is 0. The summed E-state index contributed by atoms with van der Waals surface area (Å²) in [5, 5.41) is 1.91. The number of benzene rings is 6. The molecule has 3 aromatic heterocycles. The van der Waals surface area contributed by atoms with Gasteiger partial charge in [-0.2, -0.15) is 0 Å². The van der Waals surface area contributed by atoms with Crippen LogP contribution in [0.4, 0.5) is 17.1 Å². The summed E-state index contributed by atoms with van der Waals surface area (Å²) in [6.07, 6.45) is 12.6. The van der Waals surface area contributed by atoms with Gasteiger partial charge in [-0.15, -0.1) is 11.8 Å². The van der Waals surface area contributed by atoms with E-state index in [1.807, 2.05) is 134 Å². The van der Waals surface area contributed by atoms with Crippen LogP contribution in [0.5, 0.6) is 0 Å². The fraction of sp³-hybridized carbons (Fsp3) is 0.186. The summed E-state index contributed by atoms with van der Waals surface area (Å²) in [6, 6.07) is 54.6. The molecule has 12 nitrogen and oxygen atoms in total. The zero-order valence-corrected chi connectivity index (χ0v) is 49.0. The van der Waals surface area contributed by atoms with Crippen molar-refractivity contribution < 1.29 is 12.6 Å². The maximum Gasteiger partial charge on any atom is 0.198 e. The van der Waals surface area contributed by atoms with Crippen LogP contribution in [0.15, 0.2) is 231 Å². The first-order valence-corrected chi connectivity index (χ1v) is 31.7. The Morgan fingerprint density at radius 1 is 0.447 bits per heavy atom. The van der Waals surface area contributed by atoms with Gasteiger partial charge in [0.05, 0.1) is 80.2 Å². The standard InChI is InChI=1S/C23H19N3O2S.C23H19N3OS.C23H19N3S.CH4/c1-15(16-5-3-2-4-6-16)29(27,28)22-12-18-11-19-14-25-23(17-7-9-24-10-8-17)20(19)13-21(18)26-22;1-15(16-5-3-2-4-6-16)28(27)22-12-18-11-19-14-25-23(17-7-9-24-10-8-17)20(19)13-21(18)26-22;1-15(16-5-3-2-4-6-16)27-22-12-18-11-19-14-25-23(17-7-9-24-10-8-17)20(19)13-21(18)26-22;/h2-11,13,15H,12,14H2,1H3;2-11,13,15H,12,14H2,1H3;2-11,13,15H,12,14H2,1H3;1H4. The van der Waals surface area contributed by atoms with Crippen LogP contribution in [0.25, 0.3) is 0 Å². The van der Waals surface area contributed by atoms with Crippen molar-refractivity contribution in [2.45, 2.75) is 82.8 Å². The van der Waals surface area contributed by atoms with E-state index in [1.54, 1.807) is 31.7 Å². The lowest BCUT2D eigenvalue weighted by atomic mass is 9.97. The molecule has 6 aliphatic heterocycles. The first-order valence-electron chi connectivity index (χ1n) is 28.0. The number of aliphatic imine (C=N–C) groups is 6. The number of nitrogens with zero attached hydrogens (tertiary/aromatic N) is 9. The molecule has 0 saturated carbocycles. The summed E-state index contributed by atoms with van der Waals surface area (Å²) in [7, 11) is -4.68. The van der Waals surface area contributed by atoms with Gasteiger partial charge in [-0.3, -0.25) is 34.1 Å². The van der Waals surface area contributed by atoms with Crippen LogP contribution in [0, 0.1) is 0 Å². The number of sulfone groups is 1. The van der Waals surface area contributed by atoms with E-state index in [9.17, 15) is 12.6 Å². The zero-order valence-electron chi connectivity index (χ0n) is 46.5. The Bertz CT molecular complexity index is 4350. The van der Waals surface area contributed by atoms with Crippen molar-refractivity contribution in [1.29, 1.82) is 0 Å². The van der Waals surface area contributed by atoms with Crippen molar-refractivity contribution in [3.05, 3.63) is 284 Å². The molecule has 4 unspecified atom stereocenters. The van der Waals surface area contributed by atoms with Crippen LogP contribution in [-0.4, -0.2) is 59.8 Å². The maximum atomic E-state index is 13.2. The molecule has 9 aromatic rings. The highest BCUT2D eigenvalue weighted by Gasteiger charge is 2.34. The summed E-state index contributed by atoms with van der Waals surface area (Å²) < 4.78 is 39.5. The second-order valence-corrected chi connectivity index (χ2v) is 26.7. The molecule has 9 heterocycles. The number of thioether (sulfide) groups is 1. The first-order chi connectivity index (χ1) is 41.0. The molecule has 0 aliphatic carbocycles. The normalized spacial score (nSPS) is 16.0. The lowest BCUT2D eigenvalue weighted by molar-refractivity contribution is 0.597. The van der Waals surface area contributed by atoms with Crippen LogP contribution >= 0.6 is 11.8 Å². The van der Waals surface area contributed by atoms with Crippen molar-refractivity contribution in [3.63, 3.8) is 0 Å². The molecule has 4 atom stereocenters. The molecule has 15 rings (SSSR count). The molecule has 6 aromatic carbocycles. The summed E-state index contributed by atoms with van der Waals surface area (Å²) in [5.41, 5.74) is 22.5. The van der Waals surface area contributed by atoms with Gasteiger partial charge in [0.1, 0.15) is 10.1 Å². The van der Waals surface area contributed by atoms with Gasteiger partial charge in [-0.05, 0) is 125 Å². The van der Waals surface area contributed by atoms with Gasteiger partial charge < -0.3 is 0 Å². The predicted molar refractivity (Wildman–Crippen MR) is 348 cm³/mol. The number of hydrogen-bond acceptors (Lipinski definition) is 13. The monoisotopic (exact) mass is 1170 g/mol. The molecule has 0 spiro atoms. The third kappa shape index (κ3) is 11.6. The lowest BCUT2D eigenvalue weighted by Crippen LogP contribution is -2.20. The molecule has 0 N–H and O–H groups in total. The smallest absolute Gasteiger partial charge is 0.198 e. The molecular weight excluding hydrogens is 1110 g/mol. The highest BCUT2D eigenvalue weighted by atomic mass is 32.2. The minimum absolute atomic E-state index is 0. The van der Waals surface area contributed by atoms with E-state index < -0.39 is 25.9 Å². The lowest BCUT2D eigenvalue weighted by Gasteiger charge is -2.12. The van der Waals surface area contributed by atoms with Gasteiger partial charge in [0.15, 0.2) is 9.84 Å². The molecule has 422 valence electrons. The van der Waals surface area contributed by atoms with Crippen LogP contribution < -0.4 is 0 Å². The summed E-state index contributed by atoms with van der Waals surface area (Å²) in [6.45, 7) is 8.01. The Kier molecular flexibility index (Phi) is 16.3. The number of aromatic nitrogens is 3. The van der Waals surface area contributed by atoms with Gasteiger partial charge in [0, 0.05) is 95.1 Å². The minimum atomic E-state index is -3.53. The fourth-order valence-corrected chi connectivity index (χ4v) is 15.3. The largest absolute Gasteiger partial charge is 0.279 e. The third-order valence-corrected chi connectivity index (χ3v) is 20.8. The molecular formula is C70H61N9O3S3. The predicted octanol–water partition coefficient (Wildman–Crippen LogP) is 14.9. The Morgan fingerprint density at radius 3 is 1.32 bits per heavy atom. The Balaban J connectivity index is 0.000000124. The van der Waals surface area contributed by atoms with E-state index in [2.05, 4.69) is 92.5 Å². The van der Waals surface area contributed by atoms with E-state index in [0.29, 0.717) is 31.2 Å². The highest BCUT2D eigenvalue weighted by Crippen LogP contribution is 2.42. The second-order valence-electron chi connectivity index (χ2n) is 21.3. The summed E-state index contributed by atoms with van der Waals surface area (Å²) >= 11 is 1.86. The topological polar surface area (TPSA) is 164 Å². The zero-order chi connectivity index (χ0) is 57.3. The third-order valence-electron chi connectivity index (χ3n) is 16.0. The van der Waals surface area contributed by atoms with E-state index in [1.165, 1.54) is 32.9 Å². The number of pyridine rings is 3. The Morgan fingerprint density at radius 2 is 0.847 bits per heavy atom. The molecule has 15 heteroatoms. The maximum absolute atomic E-state index is 13.2. The van der Waals surface area contributed by atoms with Gasteiger partial charge in [-0.25, -0.2) is 23.4 Å². The van der Waals surface area contributed by atoms with Crippen molar-refractivity contribution >= 4 is 81.7 Å². The van der Waals surface area contributed by atoms with Gasteiger partial charge in [0.25, 0.3) is 0 Å². The van der Waals surface area contributed by atoms with E-state index >= 15 is 0 Å². The van der Waals surface area contributed by atoms with Crippen molar-refractivity contribution in [2.75, 3.05) is 0 Å². The van der Waals surface area contributed by atoms with Crippen LogP contribution in [0.2, 0.25) is 0 Å². The molecule has 0 saturated heterocycles. The van der Waals surface area contributed by atoms with E-state index in [0.717, 1.165) is 108 Å². The Hall–Kier alpha value is -8.76. The minimum Gasteiger partial charge on any atom is -0.279 e. The van der Waals surface area contributed by atoms with Crippen LogP contribution in [0.1, 0.15) is 127 Å². The average molecular weight is 1170 g/mol. The van der Waals surface area contributed by atoms with Gasteiger partial charge in [0.2, 0.25) is 0 Å². The molecule has 0 bridgehead atoms. The molecule has 85 heavy (non-hydrogen) atoms. The summed E-state index contributed by atoms with van der Waals surface area (Å²) in [4.78, 5) is 40.6. The quantitative estimate of drug-likeness (QED) is 0.139. The van der Waals surface area contributed by atoms with Crippen molar-refractivity contribution in [1.82, 2.24) is 15.0 Å². The van der Waals surface area contributed by atoms with Crippen LogP contribution in [-0.2, 0) is 59.5 Å². The van der Waals surface area contributed by atoms with Crippen molar-refractivity contribution in [3.8, 4) is 0 Å². The van der Waals surface area contributed by atoms with Crippen LogP contribution in [0.3, 0.4) is 0 Å². The second kappa shape index (κ2) is 24.4. The molecule has 0 radical (unpaired) electrons. The first kappa shape index (κ1) is 56.7. The fourth-order valence-electron chi connectivity index (χ4n) is 11.4. The van der Waals surface area contributed by atoms with E-state index in [4.69, 9.17) is 20.0 Å². The highest BCUT2D eigenvalue weighted by molar-refractivity contribution is 8.14. The number of rotatable bonds is 9. The molecule has 0 fully saturated rings. The number of hydrogen-bond donors (Lipinski definition) is 0. The van der Waals surface area contributed by atoms with Crippen molar-refractivity contribution in [2.24, 2.45) is 30.0 Å². The Labute approximate surface area is 503 Å². The van der Waals surface area contributed by atoms with E-state index in [-0.39, 0.29) is 17.7 Å². The average Bonchev–Trinajstić information content (AvgIpc) is 2.68.